The number of aliphatic hydroxyl groups excluding tert-OH is 1. The number of hydrogen-bond acceptors (Lipinski definition) is 8. The van der Waals surface area contributed by atoms with E-state index in [2.05, 4.69) is 50.5 Å². The van der Waals surface area contributed by atoms with Crippen LogP contribution in [-0.4, -0.2) is 43.7 Å². The number of nitrogens with one attached hydrogen (secondary N) is 2. The lowest BCUT2D eigenvalue weighted by Crippen LogP contribution is -2.41. The van der Waals surface area contributed by atoms with E-state index in [1.807, 2.05) is 6.07 Å². The first-order valence-corrected chi connectivity index (χ1v) is 9.18. The maximum Gasteiger partial charge on any atom is 0.224 e. The summed E-state index contributed by atoms with van der Waals surface area (Å²) in [6.07, 6.45) is 7.60. The first-order chi connectivity index (χ1) is 13.0. The summed E-state index contributed by atoms with van der Waals surface area (Å²) in [7, 11) is 0. The predicted octanol–water partition coefficient (Wildman–Crippen LogP) is 2.14. The Morgan fingerprint density at radius 2 is 2.19 bits per heavy atom. The van der Waals surface area contributed by atoms with E-state index in [1.165, 1.54) is 12.5 Å². The van der Waals surface area contributed by atoms with Gasteiger partial charge in [0.1, 0.15) is 23.8 Å². The van der Waals surface area contributed by atoms with Crippen LogP contribution in [0.2, 0.25) is 0 Å². The average Bonchev–Trinajstić information content (AvgIpc) is 2.66. The van der Waals surface area contributed by atoms with Crippen LogP contribution in [0.4, 0.5) is 11.8 Å². The molecule has 0 bridgehead atoms. The number of aliphatic hydroxyl groups is 1. The predicted molar refractivity (Wildman–Crippen MR) is 102 cm³/mol. The fourth-order valence-electron chi connectivity index (χ4n) is 3.37. The lowest BCUT2D eigenvalue weighted by atomic mass is 9.73. The molecule has 142 valence electrons. The highest BCUT2D eigenvalue weighted by Crippen LogP contribution is 2.36. The monoisotopic (exact) mass is 367 g/mol. The van der Waals surface area contributed by atoms with Crippen LogP contribution in [0.25, 0.3) is 0 Å². The Balaban J connectivity index is 1.64. The molecular weight excluding hydrogens is 342 g/mol. The summed E-state index contributed by atoms with van der Waals surface area (Å²) in [5.74, 6) is 1.01. The van der Waals surface area contributed by atoms with Gasteiger partial charge in [-0.25, -0.2) is 15.0 Å². The molecule has 1 saturated carbocycles. The third-order valence-electron chi connectivity index (χ3n) is 5.02. The standard InChI is InChI=1S/C19H25N7O/c1-19(2)9-15(3-4-16(19)27)25-17-13(10-20)11-23-18(26-17)22-8-6-14-5-7-21-12-24-14/h5,7,11-12,15-16,27H,3-4,6,8-9H2,1-2H3,(H2,22,23,25,26)/t15-,16+/m1/s1. The van der Waals surface area contributed by atoms with E-state index in [0.717, 1.165) is 31.4 Å². The van der Waals surface area contributed by atoms with Crippen molar-refractivity contribution >= 4 is 11.8 Å². The molecule has 2 heterocycles. The van der Waals surface area contributed by atoms with Crippen molar-refractivity contribution in [3.63, 3.8) is 0 Å². The molecule has 0 unspecified atom stereocenters. The lowest BCUT2D eigenvalue weighted by molar-refractivity contribution is 0.00926. The van der Waals surface area contributed by atoms with Gasteiger partial charge in [-0.1, -0.05) is 13.8 Å². The van der Waals surface area contributed by atoms with E-state index in [4.69, 9.17) is 0 Å². The van der Waals surface area contributed by atoms with Gasteiger partial charge < -0.3 is 15.7 Å². The molecule has 0 saturated heterocycles. The largest absolute Gasteiger partial charge is 0.393 e. The van der Waals surface area contributed by atoms with Gasteiger partial charge >= 0.3 is 0 Å². The molecule has 1 aliphatic rings. The lowest BCUT2D eigenvalue weighted by Gasteiger charge is -2.40. The van der Waals surface area contributed by atoms with Gasteiger partial charge in [0.25, 0.3) is 0 Å². The zero-order valence-electron chi connectivity index (χ0n) is 15.7. The molecule has 2 atom stereocenters. The zero-order chi connectivity index (χ0) is 19.3. The van der Waals surface area contributed by atoms with E-state index in [0.29, 0.717) is 23.9 Å². The van der Waals surface area contributed by atoms with Gasteiger partial charge in [0, 0.05) is 30.9 Å². The Bertz CT molecular complexity index is 803. The second-order valence-corrected chi connectivity index (χ2v) is 7.57. The number of anilines is 2. The Kier molecular flexibility index (Phi) is 5.81. The maximum absolute atomic E-state index is 10.1. The smallest absolute Gasteiger partial charge is 0.224 e. The SMILES string of the molecule is CC1(C)C[C@H](Nc2nc(NCCc3ccncn3)ncc2C#N)CC[C@@H]1O. The molecule has 2 aromatic rings. The molecule has 8 nitrogen and oxygen atoms in total. The Morgan fingerprint density at radius 1 is 1.33 bits per heavy atom. The molecule has 3 rings (SSSR count). The minimum absolute atomic E-state index is 0.158. The summed E-state index contributed by atoms with van der Waals surface area (Å²) in [5.41, 5.74) is 1.20. The van der Waals surface area contributed by atoms with Crippen LogP contribution in [0.15, 0.2) is 24.8 Å². The van der Waals surface area contributed by atoms with Crippen molar-refractivity contribution in [2.24, 2.45) is 5.41 Å². The van der Waals surface area contributed by atoms with Crippen molar-refractivity contribution in [1.82, 2.24) is 19.9 Å². The highest BCUT2D eigenvalue weighted by molar-refractivity contribution is 5.54. The molecule has 1 fully saturated rings. The molecule has 0 radical (unpaired) electrons. The highest BCUT2D eigenvalue weighted by atomic mass is 16.3. The Morgan fingerprint density at radius 3 is 2.89 bits per heavy atom. The van der Waals surface area contributed by atoms with Gasteiger partial charge in [-0.05, 0) is 30.7 Å². The van der Waals surface area contributed by atoms with E-state index in [-0.39, 0.29) is 17.6 Å². The molecule has 27 heavy (non-hydrogen) atoms. The molecule has 0 spiro atoms. The third-order valence-corrected chi connectivity index (χ3v) is 5.02. The summed E-state index contributed by atoms with van der Waals surface area (Å²) < 4.78 is 0. The number of nitriles is 1. The van der Waals surface area contributed by atoms with Crippen LogP contribution in [-0.2, 0) is 6.42 Å². The number of nitrogens with zero attached hydrogens (tertiary/aromatic N) is 5. The van der Waals surface area contributed by atoms with Crippen LogP contribution in [0, 0.1) is 16.7 Å². The minimum Gasteiger partial charge on any atom is -0.393 e. The van der Waals surface area contributed by atoms with Crippen molar-refractivity contribution < 1.29 is 5.11 Å². The summed E-state index contributed by atoms with van der Waals surface area (Å²) in [6, 6.07) is 4.18. The van der Waals surface area contributed by atoms with Crippen LogP contribution < -0.4 is 10.6 Å². The Labute approximate surface area is 159 Å². The van der Waals surface area contributed by atoms with Gasteiger partial charge in [-0.2, -0.15) is 10.2 Å². The molecular formula is C19H25N7O. The van der Waals surface area contributed by atoms with Gasteiger partial charge in [-0.3, -0.25) is 0 Å². The normalized spacial score (nSPS) is 21.3. The second kappa shape index (κ2) is 8.27. The molecule has 1 aliphatic carbocycles. The second-order valence-electron chi connectivity index (χ2n) is 7.57. The van der Waals surface area contributed by atoms with Crippen molar-refractivity contribution in [3.05, 3.63) is 36.0 Å². The Hall–Kier alpha value is -2.79. The highest BCUT2D eigenvalue weighted by Gasteiger charge is 2.35. The fourth-order valence-corrected chi connectivity index (χ4v) is 3.37. The van der Waals surface area contributed by atoms with E-state index >= 15 is 0 Å². The molecule has 2 aromatic heterocycles. The van der Waals surface area contributed by atoms with Gasteiger partial charge in [0.15, 0.2) is 0 Å². The minimum atomic E-state index is -0.296. The van der Waals surface area contributed by atoms with Gasteiger partial charge in [0.2, 0.25) is 5.95 Å². The fraction of sp³-hybridized carbons (Fsp3) is 0.526. The number of rotatable bonds is 6. The quantitative estimate of drug-likeness (QED) is 0.710. The number of hydrogen-bond donors (Lipinski definition) is 3. The summed E-state index contributed by atoms with van der Waals surface area (Å²) in [5, 5.41) is 26.0. The van der Waals surface area contributed by atoms with Crippen molar-refractivity contribution in [3.8, 4) is 6.07 Å². The zero-order valence-corrected chi connectivity index (χ0v) is 15.7. The topological polar surface area (TPSA) is 120 Å². The number of aromatic nitrogens is 4. The average molecular weight is 367 g/mol. The molecule has 0 aromatic carbocycles. The van der Waals surface area contributed by atoms with Crippen LogP contribution >= 0.6 is 0 Å². The first-order valence-electron chi connectivity index (χ1n) is 9.18. The van der Waals surface area contributed by atoms with Crippen molar-refractivity contribution in [1.29, 1.82) is 5.26 Å². The van der Waals surface area contributed by atoms with Gasteiger partial charge in [0.05, 0.1) is 12.3 Å². The molecule has 3 N–H and O–H groups in total. The summed E-state index contributed by atoms with van der Waals surface area (Å²) >= 11 is 0. The van der Waals surface area contributed by atoms with Crippen LogP contribution in [0.3, 0.4) is 0 Å². The van der Waals surface area contributed by atoms with E-state index < -0.39 is 0 Å². The molecule has 0 aliphatic heterocycles. The summed E-state index contributed by atoms with van der Waals surface area (Å²) in [4.78, 5) is 16.8. The van der Waals surface area contributed by atoms with Crippen molar-refractivity contribution in [2.75, 3.05) is 17.2 Å². The van der Waals surface area contributed by atoms with E-state index in [1.54, 1.807) is 6.20 Å². The first kappa shape index (κ1) is 19.0. The van der Waals surface area contributed by atoms with E-state index in [9.17, 15) is 10.4 Å². The maximum atomic E-state index is 10.1. The van der Waals surface area contributed by atoms with Gasteiger partial charge in [-0.15, -0.1) is 0 Å². The third kappa shape index (κ3) is 4.89. The van der Waals surface area contributed by atoms with Crippen LogP contribution in [0.1, 0.15) is 44.4 Å². The molecule has 8 heteroatoms. The summed E-state index contributed by atoms with van der Waals surface area (Å²) in [6.45, 7) is 4.76. The van der Waals surface area contributed by atoms with Crippen molar-refractivity contribution in [2.45, 2.75) is 51.7 Å². The van der Waals surface area contributed by atoms with Crippen LogP contribution in [0.5, 0.6) is 0 Å². The molecule has 0 amide bonds.